The van der Waals surface area contributed by atoms with Gasteiger partial charge in [-0.3, -0.25) is 4.79 Å². The van der Waals surface area contributed by atoms with Crippen LogP contribution in [0.1, 0.15) is 29.8 Å². The van der Waals surface area contributed by atoms with E-state index >= 15 is 0 Å². The highest BCUT2D eigenvalue weighted by Gasteiger charge is 2.35. The summed E-state index contributed by atoms with van der Waals surface area (Å²) < 4.78 is 19.5. The monoisotopic (exact) mass is 290 g/mol. The fourth-order valence-electron chi connectivity index (χ4n) is 2.30. The van der Waals surface area contributed by atoms with Gasteiger partial charge in [-0.2, -0.15) is 0 Å². The maximum Gasteiger partial charge on any atom is 0.257 e. The standard InChI is InChI=1S/C16H19FN2O2/c1-16(2)11-21-9-8-19(16)15(20)13-6-5-12(4-3-7-18)10-14(13)17/h5-6,10H,7-9,11,18H2,1-2H3. The number of nitrogens with two attached hydrogens (primary N) is 1. The fourth-order valence-corrected chi connectivity index (χ4v) is 2.30. The average Bonchev–Trinajstić information content (AvgIpc) is 2.44. The van der Waals surface area contributed by atoms with Gasteiger partial charge in [-0.05, 0) is 32.0 Å². The average molecular weight is 290 g/mol. The van der Waals surface area contributed by atoms with Crippen molar-refractivity contribution in [1.29, 1.82) is 0 Å². The topological polar surface area (TPSA) is 55.6 Å². The molecule has 2 rings (SSSR count). The van der Waals surface area contributed by atoms with Crippen molar-refractivity contribution in [3.8, 4) is 11.8 Å². The van der Waals surface area contributed by atoms with Gasteiger partial charge in [0.2, 0.25) is 0 Å². The summed E-state index contributed by atoms with van der Waals surface area (Å²) in [4.78, 5) is 14.2. The molecule has 0 radical (unpaired) electrons. The molecule has 1 fully saturated rings. The van der Waals surface area contributed by atoms with Crippen LogP contribution in [0.2, 0.25) is 0 Å². The molecule has 0 spiro atoms. The van der Waals surface area contributed by atoms with Gasteiger partial charge in [0.05, 0.1) is 30.9 Å². The van der Waals surface area contributed by atoms with Crippen LogP contribution < -0.4 is 5.73 Å². The molecular formula is C16H19FN2O2. The van der Waals surface area contributed by atoms with E-state index in [9.17, 15) is 9.18 Å². The number of nitrogens with zero attached hydrogens (tertiary/aromatic N) is 1. The Morgan fingerprint density at radius 1 is 1.52 bits per heavy atom. The van der Waals surface area contributed by atoms with Crippen LogP contribution in [0.15, 0.2) is 18.2 Å². The molecule has 5 heteroatoms. The number of halogens is 1. The third kappa shape index (κ3) is 3.41. The van der Waals surface area contributed by atoms with Gasteiger partial charge in [-0.15, -0.1) is 0 Å². The Morgan fingerprint density at radius 3 is 2.90 bits per heavy atom. The Morgan fingerprint density at radius 2 is 2.29 bits per heavy atom. The summed E-state index contributed by atoms with van der Waals surface area (Å²) in [6.45, 7) is 5.40. The molecule has 2 N–H and O–H groups in total. The van der Waals surface area contributed by atoms with E-state index in [0.717, 1.165) is 0 Å². The summed E-state index contributed by atoms with van der Waals surface area (Å²) in [5, 5.41) is 0. The number of hydrogen-bond acceptors (Lipinski definition) is 3. The van der Waals surface area contributed by atoms with E-state index in [2.05, 4.69) is 11.8 Å². The van der Waals surface area contributed by atoms with Crippen molar-refractivity contribution in [2.45, 2.75) is 19.4 Å². The minimum absolute atomic E-state index is 0.0586. The Hall–Kier alpha value is -1.90. The van der Waals surface area contributed by atoms with Crippen molar-refractivity contribution in [2.75, 3.05) is 26.3 Å². The van der Waals surface area contributed by atoms with Gasteiger partial charge in [-0.1, -0.05) is 11.8 Å². The molecule has 1 aliphatic rings. The molecule has 0 bridgehead atoms. The summed E-state index contributed by atoms with van der Waals surface area (Å²) in [7, 11) is 0. The molecule has 1 heterocycles. The third-order valence-corrected chi connectivity index (χ3v) is 3.42. The van der Waals surface area contributed by atoms with Gasteiger partial charge in [0.1, 0.15) is 5.82 Å². The van der Waals surface area contributed by atoms with Crippen molar-refractivity contribution < 1.29 is 13.9 Å². The van der Waals surface area contributed by atoms with Crippen LogP contribution >= 0.6 is 0 Å². The molecule has 21 heavy (non-hydrogen) atoms. The van der Waals surface area contributed by atoms with Gasteiger partial charge < -0.3 is 15.4 Å². The number of ether oxygens (including phenoxy) is 1. The summed E-state index contributed by atoms with van der Waals surface area (Å²) in [5.41, 5.74) is 5.40. The zero-order valence-corrected chi connectivity index (χ0v) is 12.3. The number of hydrogen-bond donors (Lipinski definition) is 1. The van der Waals surface area contributed by atoms with E-state index in [1.165, 1.54) is 12.1 Å². The highest BCUT2D eigenvalue weighted by molar-refractivity contribution is 5.95. The van der Waals surface area contributed by atoms with E-state index in [-0.39, 0.29) is 18.0 Å². The highest BCUT2D eigenvalue weighted by Crippen LogP contribution is 2.23. The number of rotatable bonds is 1. The molecule has 0 saturated carbocycles. The molecule has 1 amide bonds. The minimum Gasteiger partial charge on any atom is -0.377 e. The lowest BCUT2D eigenvalue weighted by molar-refractivity contribution is -0.0372. The number of carbonyl (C=O) groups excluding carboxylic acids is 1. The molecule has 1 aromatic carbocycles. The summed E-state index contributed by atoms with van der Waals surface area (Å²) in [6, 6.07) is 4.37. The van der Waals surface area contributed by atoms with Gasteiger partial charge in [0.25, 0.3) is 5.91 Å². The quantitative estimate of drug-likeness (QED) is 0.795. The van der Waals surface area contributed by atoms with E-state index in [1.807, 2.05) is 13.8 Å². The zero-order valence-electron chi connectivity index (χ0n) is 12.3. The van der Waals surface area contributed by atoms with Crippen LogP contribution in [-0.2, 0) is 4.74 Å². The van der Waals surface area contributed by atoms with E-state index in [0.29, 0.717) is 25.3 Å². The summed E-state index contributed by atoms with van der Waals surface area (Å²) in [5.74, 6) is 4.52. The first-order valence-electron chi connectivity index (χ1n) is 6.84. The van der Waals surface area contributed by atoms with Gasteiger partial charge in [-0.25, -0.2) is 4.39 Å². The number of amides is 1. The fraction of sp³-hybridized carbons (Fsp3) is 0.438. The molecule has 1 aromatic rings. The summed E-state index contributed by atoms with van der Waals surface area (Å²) >= 11 is 0. The van der Waals surface area contributed by atoms with Crippen molar-refractivity contribution in [1.82, 2.24) is 4.90 Å². The van der Waals surface area contributed by atoms with Crippen molar-refractivity contribution >= 4 is 5.91 Å². The number of carbonyl (C=O) groups is 1. The van der Waals surface area contributed by atoms with Crippen molar-refractivity contribution in [2.24, 2.45) is 5.73 Å². The van der Waals surface area contributed by atoms with Gasteiger partial charge in [0, 0.05) is 12.1 Å². The van der Waals surface area contributed by atoms with Crippen LogP contribution in [0.3, 0.4) is 0 Å². The van der Waals surface area contributed by atoms with Crippen molar-refractivity contribution in [3.63, 3.8) is 0 Å². The predicted octanol–water partition coefficient (Wildman–Crippen LogP) is 1.39. The van der Waals surface area contributed by atoms with Crippen LogP contribution in [0.5, 0.6) is 0 Å². The Labute approximate surface area is 124 Å². The lowest BCUT2D eigenvalue weighted by atomic mass is 10.0. The van der Waals surface area contributed by atoms with Gasteiger partial charge >= 0.3 is 0 Å². The van der Waals surface area contributed by atoms with Crippen LogP contribution in [-0.4, -0.2) is 42.6 Å². The number of benzene rings is 1. The zero-order chi connectivity index (χ0) is 15.5. The first kappa shape index (κ1) is 15.5. The SMILES string of the molecule is CC1(C)COCCN1C(=O)c1ccc(C#CCN)cc1F. The Kier molecular flexibility index (Phi) is 4.61. The molecule has 1 saturated heterocycles. The molecular weight excluding hydrogens is 271 g/mol. The number of morpholine rings is 1. The first-order chi connectivity index (χ1) is 9.95. The maximum absolute atomic E-state index is 14.2. The van der Waals surface area contributed by atoms with Crippen molar-refractivity contribution in [3.05, 3.63) is 35.1 Å². The Bertz CT molecular complexity index is 602. The lowest BCUT2D eigenvalue weighted by Gasteiger charge is -2.42. The van der Waals surface area contributed by atoms with Crippen LogP contribution in [0.25, 0.3) is 0 Å². The second kappa shape index (κ2) is 6.25. The first-order valence-corrected chi connectivity index (χ1v) is 6.84. The summed E-state index contributed by atoms with van der Waals surface area (Å²) in [6.07, 6.45) is 0. The van der Waals surface area contributed by atoms with E-state index < -0.39 is 11.4 Å². The largest absolute Gasteiger partial charge is 0.377 e. The second-order valence-corrected chi connectivity index (χ2v) is 5.52. The van der Waals surface area contributed by atoms with Crippen LogP contribution in [0.4, 0.5) is 4.39 Å². The van der Waals surface area contributed by atoms with E-state index in [1.54, 1.807) is 11.0 Å². The van der Waals surface area contributed by atoms with Gasteiger partial charge in [0.15, 0.2) is 0 Å². The lowest BCUT2D eigenvalue weighted by Crippen LogP contribution is -2.55. The minimum atomic E-state index is -0.564. The normalized spacial score (nSPS) is 17.0. The molecule has 0 atom stereocenters. The van der Waals surface area contributed by atoms with Crippen LogP contribution in [0, 0.1) is 17.7 Å². The second-order valence-electron chi connectivity index (χ2n) is 5.52. The highest BCUT2D eigenvalue weighted by atomic mass is 19.1. The molecule has 0 unspecified atom stereocenters. The molecule has 4 nitrogen and oxygen atoms in total. The molecule has 0 aromatic heterocycles. The third-order valence-electron chi connectivity index (χ3n) is 3.42. The smallest absolute Gasteiger partial charge is 0.257 e. The molecule has 112 valence electrons. The Balaban J connectivity index is 2.27. The predicted molar refractivity (Wildman–Crippen MR) is 78.3 cm³/mol. The molecule has 0 aliphatic carbocycles. The van der Waals surface area contributed by atoms with E-state index in [4.69, 9.17) is 10.5 Å². The molecule has 1 aliphatic heterocycles. The maximum atomic E-state index is 14.2.